The van der Waals surface area contributed by atoms with E-state index in [-0.39, 0.29) is 6.54 Å². The number of carbonyl (C=O) groups is 2. The highest BCUT2D eigenvalue weighted by Crippen LogP contribution is 2.14. The van der Waals surface area contributed by atoms with E-state index in [1.807, 2.05) is 0 Å². The van der Waals surface area contributed by atoms with Gasteiger partial charge in [0.25, 0.3) is 10.0 Å². The van der Waals surface area contributed by atoms with Crippen molar-refractivity contribution in [1.29, 1.82) is 0 Å². The molecular formula is C13H11F2N3O5S. The van der Waals surface area contributed by atoms with Crippen molar-refractivity contribution in [3.8, 4) is 0 Å². The van der Waals surface area contributed by atoms with Crippen LogP contribution < -0.4 is 15.6 Å². The minimum Gasteiger partial charge on any atom is -0.467 e. The number of rotatable bonds is 5. The summed E-state index contributed by atoms with van der Waals surface area (Å²) in [5, 5.41) is 2.17. The van der Waals surface area contributed by atoms with Gasteiger partial charge in [-0.3, -0.25) is 15.0 Å². The van der Waals surface area contributed by atoms with Gasteiger partial charge in [0.15, 0.2) is 0 Å². The van der Waals surface area contributed by atoms with Gasteiger partial charge in [-0.2, -0.15) is 0 Å². The van der Waals surface area contributed by atoms with Gasteiger partial charge >= 0.3 is 11.8 Å². The van der Waals surface area contributed by atoms with Crippen molar-refractivity contribution in [2.24, 2.45) is 0 Å². The molecule has 0 aliphatic rings. The van der Waals surface area contributed by atoms with Gasteiger partial charge in [-0.15, -0.1) is 4.83 Å². The molecule has 3 N–H and O–H groups in total. The van der Waals surface area contributed by atoms with E-state index in [1.54, 1.807) is 17.6 Å². The van der Waals surface area contributed by atoms with Crippen molar-refractivity contribution < 1.29 is 31.2 Å². The number of amides is 2. The van der Waals surface area contributed by atoms with E-state index in [4.69, 9.17) is 4.42 Å². The van der Waals surface area contributed by atoms with E-state index in [9.17, 15) is 26.8 Å². The van der Waals surface area contributed by atoms with Crippen molar-refractivity contribution >= 4 is 21.8 Å². The first kappa shape index (κ1) is 17.6. The predicted octanol–water partition coefficient (Wildman–Crippen LogP) is 0.184. The molecule has 11 heteroatoms. The highest BCUT2D eigenvalue weighted by molar-refractivity contribution is 7.89. The van der Waals surface area contributed by atoms with E-state index in [1.165, 1.54) is 11.1 Å². The van der Waals surface area contributed by atoms with Crippen molar-refractivity contribution in [3.05, 3.63) is 54.0 Å². The average Bonchev–Trinajstić information content (AvgIpc) is 3.06. The summed E-state index contributed by atoms with van der Waals surface area (Å²) in [4.78, 5) is 23.4. The van der Waals surface area contributed by atoms with Crippen LogP contribution in [0.3, 0.4) is 0 Å². The third kappa shape index (κ3) is 4.36. The average molecular weight is 359 g/mol. The quantitative estimate of drug-likeness (QED) is 0.520. The fraction of sp³-hybridized carbons (Fsp3) is 0.0769. The molecule has 1 heterocycles. The number of hydrogen-bond donors (Lipinski definition) is 3. The predicted molar refractivity (Wildman–Crippen MR) is 75.4 cm³/mol. The lowest BCUT2D eigenvalue weighted by molar-refractivity contribution is -0.139. The van der Waals surface area contributed by atoms with Crippen LogP contribution in [0.15, 0.2) is 45.9 Å². The topological polar surface area (TPSA) is 118 Å². The Bertz CT molecular complexity index is 852. The summed E-state index contributed by atoms with van der Waals surface area (Å²) >= 11 is 0. The molecule has 1 aromatic carbocycles. The van der Waals surface area contributed by atoms with Crippen molar-refractivity contribution in [2.75, 3.05) is 0 Å². The molecule has 2 aromatic rings. The summed E-state index contributed by atoms with van der Waals surface area (Å²) in [6.07, 6.45) is 1.36. The Morgan fingerprint density at radius 1 is 1.12 bits per heavy atom. The summed E-state index contributed by atoms with van der Waals surface area (Å²) in [7, 11) is -4.60. The fourth-order valence-corrected chi connectivity index (χ4v) is 2.50. The molecule has 0 saturated carbocycles. The summed E-state index contributed by atoms with van der Waals surface area (Å²) in [6.45, 7) is -0.0927. The second-order valence-corrected chi connectivity index (χ2v) is 6.05. The maximum absolute atomic E-state index is 13.4. The van der Waals surface area contributed by atoms with Crippen LogP contribution in [-0.2, 0) is 26.2 Å². The number of hydrogen-bond acceptors (Lipinski definition) is 5. The maximum Gasteiger partial charge on any atom is 0.324 e. The van der Waals surface area contributed by atoms with Crippen LogP contribution in [0.4, 0.5) is 8.78 Å². The summed E-state index contributed by atoms with van der Waals surface area (Å²) in [5.41, 5.74) is 1.59. The highest BCUT2D eigenvalue weighted by Gasteiger charge is 2.22. The van der Waals surface area contributed by atoms with Crippen LogP contribution in [0.25, 0.3) is 0 Å². The molecule has 8 nitrogen and oxygen atoms in total. The smallest absolute Gasteiger partial charge is 0.324 e. The minimum absolute atomic E-state index is 0.0927. The molecule has 0 bridgehead atoms. The second-order valence-electron chi connectivity index (χ2n) is 4.40. The number of nitrogens with one attached hydrogen (secondary N) is 3. The molecule has 0 spiro atoms. The first-order valence-electron chi connectivity index (χ1n) is 6.37. The van der Waals surface area contributed by atoms with Crippen LogP contribution in [0.5, 0.6) is 0 Å². The summed E-state index contributed by atoms with van der Waals surface area (Å²) in [5.74, 6) is -4.34. The van der Waals surface area contributed by atoms with Crippen LogP contribution in [0.1, 0.15) is 5.76 Å². The number of sulfonamides is 1. The van der Waals surface area contributed by atoms with Gasteiger partial charge in [0.2, 0.25) is 0 Å². The molecule has 128 valence electrons. The highest BCUT2D eigenvalue weighted by atomic mass is 32.2. The zero-order chi connectivity index (χ0) is 17.7. The number of benzene rings is 1. The van der Waals surface area contributed by atoms with Gasteiger partial charge in [-0.1, -0.05) is 0 Å². The monoisotopic (exact) mass is 359 g/mol. The fourth-order valence-electron chi connectivity index (χ4n) is 1.57. The van der Waals surface area contributed by atoms with Crippen LogP contribution in [0, 0.1) is 11.6 Å². The van der Waals surface area contributed by atoms with E-state index >= 15 is 0 Å². The third-order valence-electron chi connectivity index (χ3n) is 2.69. The third-order valence-corrected chi connectivity index (χ3v) is 3.95. The minimum atomic E-state index is -4.60. The van der Waals surface area contributed by atoms with Crippen LogP contribution in [-0.4, -0.2) is 20.2 Å². The lowest BCUT2D eigenvalue weighted by Crippen LogP contribution is -2.48. The molecule has 0 aliphatic heterocycles. The van der Waals surface area contributed by atoms with E-state index in [0.717, 1.165) is 6.07 Å². The first-order chi connectivity index (χ1) is 11.3. The standard InChI is InChI=1S/C13H11F2N3O5S/c14-8-3-4-10(15)11(6-8)24(21,22)18-17-13(20)12(19)16-7-9-2-1-5-23-9/h1-6,18H,7H2,(H,16,19)(H,17,20). The Balaban J connectivity index is 1.94. The molecular weight excluding hydrogens is 348 g/mol. The van der Waals surface area contributed by atoms with Gasteiger partial charge in [-0.05, 0) is 30.3 Å². The first-order valence-corrected chi connectivity index (χ1v) is 7.85. The molecule has 0 saturated heterocycles. The van der Waals surface area contributed by atoms with E-state index in [2.05, 4.69) is 5.32 Å². The van der Waals surface area contributed by atoms with Crippen molar-refractivity contribution in [1.82, 2.24) is 15.6 Å². The molecule has 0 atom stereocenters. The molecule has 1 aromatic heterocycles. The molecule has 0 unspecified atom stereocenters. The number of carbonyl (C=O) groups excluding carboxylic acids is 2. The van der Waals surface area contributed by atoms with Gasteiger partial charge in [0, 0.05) is 0 Å². The Morgan fingerprint density at radius 3 is 2.54 bits per heavy atom. The number of hydrazine groups is 1. The summed E-state index contributed by atoms with van der Waals surface area (Å²) in [6, 6.07) is 4.90. The van der Waals surface area contributed by atoms with Crippen LogP contribution in [0.2, 0.25) is 0 Å². The SMILES string of the molecule is O=C(NCc1ccco1)C(=O)NNS(=O)(=O)c1cc(F)ccc1F. The zero-order valence-electron chi connectivity index (χ0n) is 11.9. The molecule has 0 radical (unpaired) electrons. The number of halogens is 2. The Morgan fingerprint density at radius 2 is 1.88 bits per heavy atom. The Labute approximate surface area is 134 Å². The normalized spacial score (nSPS) is 11.1. The largest absolute Gasteiger partial charge is 0.467 e. The Hall–Kier alpha value is -2.79. The van der Waals surface area contributed by atoms with E-state index < -0.39 is 38.4 Å². The number of furan rings is 1. The van der Waals surface area contributed by atoms with Crippen molar-refractivity contribution in [2.45, 2.75) is 11.4 Å². The van der Waals surface area contributed by atoms with Gasteiger partial charge in [-0.25, -0.2) is 17.2 Å². The Kier molecular flexibility index (Phi) is 5.26. The van der Waals surface area contributed by atoms with Crippen LogP contribution >= 0.6 is 0 Å². The van der Waals surface area contributed by atoms with Gasteiger partial charge < -0.3 is 9.73 Å². The van der Waals surface area contributed by atoms with Gasteiger partial charge in [0.05, 0.1) is 12.8 Å². The lowest BCUT2D eigenvalue weighted by Gasteiger charge is -2.09. The molecule has 2 rings (SSSR count). The van der Waals surface area contributed by atoms with Crippen molar-refractivity contribution in [3.63, 3.8) is 0 Å². The molecule has 24 heavy (non-hydrogen) atoms. The zero-order valence-corrected chi connectivity index (χ0v) is 12.7. The molecule has 2 amide bonds. The molecule has 0 aliphatic carbocycles. The summed E-state index contributed by atoms with van der Waals surface area (Å²) < 4.78 is 55.0. The maximum atomic E-state index is 13.4. The molecule has 0 fully saturated rings. The van der Waals surface area contributed by atoms with Gasteiger partial charge in [0.1, 0.15) is 22.3 Å². The van der Waals surface area contributed by atoms with E-state index in [0.29, 0.717) is 17.9 Å². The lowest BCUT2D eigenvalue weighted by atomic mass is 10.3. The second kappa shape index (κ2) is 7.19.